The van der Waals surface area contributed by atoms with Crippen LogP contribution in [0.5, 0.6) is 5.75 Å². The third-order valence-electron chi connectivity index (χ3n) is 6.27. The summed E-state index contributed by atoms with van der Waals surface area (Å²) in [7, 11) is 0. The Hall–Kier alpha value is -2.79. The Kier molecular flexibility index (Phi) is 6.09. The predicted molar refractivity (Wildman–Crippen MR) is 116 cm³/mol. The molecule has 1 aliphatic rings. The van der Waals surface area contributed by atoms with Gasteiger partial charge in [-0.15, -0.1) is 0 Å². The molecule has 1 aromatic heterocycles. The summed E-state index contributed by atoms with van der Waals surface area (Å²) in [6, 6.07) is 13.9. The first-order chi connectivity index (χ1) is 14.5. The van der Waals surface area contributed by atoms with E-state index in [0.29, 0.717) is 47.9 Å². The number of carbonyl (C=O) groups is 1. The van der Waals surface area contributed by atoms with E-state index >= 15 is 0 Å². The minimum atomic E-state index is -0.393. The van der Waals surface area contributed by atoms with Crippen molar-refractivity contribution in [1.29, 1.82) is 0 Å². The summed E-state index contributed by atoms with van der Waals surface area (Å²) in [4.78, 5) is 14.4. The van der Waals surface area contributed by atoms with Crippen molar-refractivity contribution in [3.8, 4) is 5.75 Å². The van der Waals surface area contributed by atoms with Crippen molar-refractivity contribution in [3.63, 3.8) is 0 Å². The van der Waals surface area contributed by atoms with Crippen LogP contribution in [0.2, 0.25) is 0 Å². The van der Waals surface area contributed by atoms with Crippen LogP contribution >= 0.6 is 0 Å². The van der Waals surface area contributed by atoms with Crippen LogP contribution in [0.3, 0.4) is 0 Å². The Labute approximate surface area is 177 Å². The molecular formula is C25H30NO4+. The van der Waals surface area contributed by atoms with Gasteiger partial charge in [-0.1, -0.05) is 30.3 Å². The second kappa shape index (κ2) is 8.92. The zero-order valence-corrected chi connectivity index (χ0v) is 17.7. The molecule has 0 aliphatic carbocycles. The van der Waals surface area contributed by atoms with E-state index in [9.17, 15) is 9.90 Å². The summed E-state index contributed by atoms with van der Waals surface area (Å²) < 4.78 is 11.5. The molecule has 1 aliphatic heterocycles. The van der Waals surface area contributed by atoms with Crippen LogP contribution in [-0.2, 0) is 17.7 Å². The first kappa shape index (κ1) is 20.5. The summed E-state index contributed by atoms with van der Waals surface area (Å²) in [5.74, 6) is 0.353. The van der Waals surface area contributed by atoms with Crippen molar-refractivity contribution < 1.29 is 24.0 Å². The van der Waals surface area contributed by atoms with E-state index in [2.05, 4.69) is 6.92 Å². The summed E-state index contributed by atoms with van der Waals surface area (Å²) in [5.41, 5.74) is 2.97. The van der Waals surface area contributed by atoms with Gasteiger partial charge >= 0.3 is 5.97 Å². The maximum Gasteiger partial charge on any atom is 0.342 e. The third-order valence-corrected chi connectivity index (χ3v) is 6.27. The number of esters is 1. The van der Waals surface area contributed by atoms with Crippen molar-refractivity contribution in [2.24, 2.45) is 0 Å². The number of nitrogens with one attached hydrogen (secondary N) is 1. The standard InChI is InChI=1S/C25H29NO4/c1-17-8-6-7-14-26(17)16-20-21(27)11-12-22-24(20)23(18(2)30-22)25(28)29-15-13-19-9-4-3-5-10-19/h3-5,9-12,17,27H,6-8,13-16H2,1-2H3/p+1/t17-/m1/s1. The number of fused-ring (bicyclic) bond motifs is 1. The second-order valence-electron chi connectivity index (χ2n) is 8.32. The Morgan fingerprint density at radius 3 is 2.77 bits per heavy atom. The fraction of sp³-hybridized carbons (Fsp3) is 0.400. The number of ether oxygens (including phenoxy) is 1. The van der Waals surface area contributed by atoms with Crippen LogP contribution in [0.15, 0.2) is 46.9 Å². The Morgan fingerprint density at radius 1 is 1.20 bits per heavy atom. The lowest BCUT2D eigenvalue weighted by Gasteiger charge is -2.30. The van der Waals surface area contributed by atoms with Crippen molar-refractivity contribution in [2.75, 3.05) is 13.2 Å². The van der Waals surface area contributed by atoms with E-state index in [0.717, 1.165) is 17.7 Å². The van der Waals surface area contributed by atoms with Gasteiger partial charge in [-0.25, -0.2) is 4.79 Å². The van der Waals surface area contributed by atoms with Crippen LogP contribution in [0.4, 0.5) is 0 Å². The number of phenols is 1. The van der Waals surface area contributed by atoms with Gasteiger partial charge in [-0.3, -0.25) is 0 Å². The van der Waals surface area contributed by atoms with E-state index in [4.69, 9.17) is 9.15 Å². The van der Waals surface area contributed by atoms with E-state index < -0.39 is 5.97 Å². The molecule has 1 fully saturated rings. The molecule has 4 rings (SSSR count). The maximum absolute atomic E-state index is 13.0. The molecule has 5 heteroatoms. The van der Waals surface area contributed by atoms with Crippen molar-refractivity contribution >= 4 is 16.9 Å². The first-order valence-electron chi connectivity index (χ1n) is 10.8. The highest BCUT2D eigenvalue weighted by Gasteiger charge is 2.28. The predicted octanol–water partition coefficient (Wildman–Crippen LogP) is 3.80. The number of piperidine rings is 1. The molecule has 2 aromatic carbocycles. The van der Waals surface area contributed by atoms with Crippen molar-refractivity contribution in [3.05, 3.63) is 64.9 Å². The lowest BCUT2D eigenvalue weighted by Crippen LogP contribution is -3.14. The molecular weight excluding hydrogens is 378 g/mol. The highest BCUT2D eigenvalue weighted by Crippen LogP contribution is 2.34. The maximum atomic E-state index is 13.0. The topological polar surface area (TPSA) is 64.1 Å². The number of quaternary nitrogens is 1. The molecule has 0 radical (unpaired) electrons. The number of aryl methyl sites for hydroxylation is 1. The number of phenolic OH excluding ortho intramolecular Hbond substituents is 1. The largest absolute Gasteiger partial charge is 0.507 e. The van der Waals surface area contributed by atoms with Crippen LogP contribution < -0.4 is 4.90 Å². The molecule has 2 N–H and O–H groups in total. The Bertz CT molecular complexity index is 1020. The summed E-state index contributed by atoms with van der Waals surface area (Å²) >= 11 is 0. The van der Waals surface area contributed by atoms with Gasteiger partial charge in [-0.2, -0.15) is 0 Å². The van der Waals surface area contributed by atoms with E-state index in [1.165, 1.54) is 24.2 Å². The lowest BCUT2D eigenvalue weighted by atomic mass is 9.99. The quantitative estimate of drug-likeness (QED) is 0.609. The minimum absolute atomic E-state index is 0.215. The number of hydrogen-bond acceptors (Lipinski definition) is 4. The molecule has 0 saturated carbocycles. The van der Waals surface area contributed by atoms with Crippen LogP contribution in [0, 0.1) is 6.92 Å². The zero-order chi connectivity index (χ0) is 21.1. The van der Waals surface area contributed by atoms with Crippen LogP contribution in [-0.4, -0.2) is 30.3 Å². The number of benzene rings is 2. The van der Waals surface area contributed by atoms with Gasteiger partial charge < -0.3 is 19.2 Å². The highest BCUT2D eigenvalue weighted by atomic mass is 16.5. The zero-order valence-electron chi connectivity index (χ0n) is 17.7. The van der Waals surface area contributed by atoms with Gasteiger partial charge in [-0.05, 0) is 50.8 Å². The number of aromatic hydroxyl groups is 1. The fourth-order valence-electron chi connectivity index (χ4n) is 4.51. The SMILES string of the molecule is Cc1oc2ccc(O)c(C[NH+]3CCCC[C@H]3C)c2c1C(=O)OCCc1ccccc1. The van der Waals surface area contributed by atoms with Gasteiger partial charge in [0.05, 0.1) is 24.8 Å². The molecule has 0 amide bonds. The normalized spacial score (nSPS) is 19.1. The van der Waals surface area contributed by atoms with Gasteiger partial charge in [0.2, 0.25) is 0 Å². The number of hydrogen-bond donors (Lipinski definition) is 2. The molecule has 1 unspecified atom stereocenters. The summed E-state index contributed by atoms with van der Waals surface area (Å²) in [6.07, 6.45) is 4.29. The smallest absolute Gasteiger partial charge is 0.342 e. The first-order valence-corrected chi connectivity index (χ1v) is 10.8. The average Bonchev–Trinajstić information content (AvgIpc) is 3.08. The third kappa shape index (κ3) is 4.21. The van der Waals surface area contributed by atoms with Gasteiger partial charge in [0.1, 0.15) is 29.2 Å². The van der Waals surface area contributed by atoms with Gasteiger partial charge in [0.15, 0.2) is 0 Å². The Morgan fingerprint density at radius 2 is 2.00 bits per heavy atom. The molecule has 5 nitrogen and oxygen atoms in total. The van der Waals surface area contributed by atoms with Crippen molar-refractivity contribution in [1.82, 2.24) is 0 Å². The molecule has 2 atom stereocenters. The minimum Gasteiger partial charge on any atom is -0.507 e. The van der Waals surface area contributed by atoms with E-state index in [1.807, 2.05) is 30.3 Å². The number of rotatable bonds is 6. The van der Waals surface area contributed by atoms with E-state index in [-0.39, 0.29) is 5.75 Å². The molecule has 30 heavy (non-hydrogen) atoms. The van der Waals surface area contributed by atoms with Gasteiger partial charge in [0.25, 0.3) is 0 Å². The van der Waals surface area contributed by atoms with E-state index in [1.54, 1.807) is 19.1 Å². The highest BCUT2D eigenvalue weighted by molar-refractivity contribution is 6.06. The van der Waals surface area contributed by atoms with Crippen LogP contribution in [0.1, 0.15) is 53.4 Å². The molecule has 158 valence electrons. The molecule has 0 spiro atoms. The van der Waals surface area contributed by atoms with Crippen molar-refractivity contribution in [2.45, 2.75) is 52.1 Å². The van der Waals surface area contributed by atoms with Crippen LogP contribution in [0.25, 0.3) is 11.0 Å². The number of likely N-dealkylation sites (tertiary alicyclic amines) is 1. The molecule has 3 aromatic rings. The fourth-order valence-corrected chi connectivity index (χ4v) is 4.51. The Balaban J connectivity index is 1.60. The number of furan rings is 1. The molecule has 2 heterocycles. The summed E-state index contributed by atoms with van der Waals surface area (Å²) in [5, 5.41) is 11.4. The average molecular weight is 409 g/mol. The summed E-state index contributed by atoms with van der Waals surface area (Å²) in [6.45, 7) is 6.09. The lowest BCUT2D eigenvalue weighted by molar-refractivity contribution is -0.941. The number of carbonyl (C=O) groups excluding carboxylic acids is 1. The molecule has 0 bridgehead atoms. The molecule has 1 saturated heterocycles. The monoisotopic (exact) mass is 408 g/mol. The second-order valence-corrected chi connectivity index (χ2v) is 8.32. The van der Waals surface area contributed by atoms with Gasteiger partial charge in [0, 0.05) is 11.8 Å².